The summed E-state index contributed by atoms with van der Waals surface area (Å²) in [5.74, 6) is -0.804. The van der Waals surface area contributed by atoms with Gasteiger partial charge >= 0.3 is 0 Å². The average Bonchev–Trinajstić information content (AvgIpc) is 2.29. The maximum Gasteiger partial charge on any atom is 0.255 e. The Labute approximate surface area is 92.7 Å². The lowest BCUT2D eigenvalue weighted by Gasteiger charge is -2.30. The molecule has 1 aliphatic heterocycles. The molecule has 0 radical (unpaired) electrons. The lowest BCUT2D eigenvalue weighted by atomic mass is 10.1. The molecule has 0 bridgehead atoms. The lowest BCUT2D eigenvalue weighted by Crippen LogP contribution is -2.42. The highest BCUT2D eigenvalue weighted by Crippen LogP contribution is 2.13. The molecule has 0 unspecified atom stereocenters. The maximum absolute atomic E-state index is 12.6. The number of halogens is 1. The van der Waals surface area contributed by atoms with Crippen LogP contribution in [0.25, 0.3) is 0 Å². The summed E-state index contributed by atoms with van der Waals surface area (Å²) in [4.78, 5) is 16.9. The fraction of sp³-hybridized carbons (Fsp3) is 0.455. The van der Waals surface area contributed by atoms with Crippen LogP contribution >= 0.6 is 0 Å². The SMILES string of the molecule is O=C(c1ccc(F)nc1)N1CCC[C@H](O)C1. The topological polar surface area (TPSA) is 53.4 Å². The maximum atomic E-state index is 12.6. The lowest BCUT2D eigenvalue weighted by molar-refractivity contribution is 0.0473. The highest BCUT2D eigenvalue weighted by atomic mass is 19.1. The van der Waals surface area contributed by atoms with Crippen LogP contribution in [0.5, 0.6) is 0 Å². The van der Waals surface area contributed by atoms with Crippen molar-refractivity contribution in [1.82, 2.24) is 9.88 Å². The predicted molar refractivity (Wildman–Crippen MR) is 55.3 cm³/mol. The number of amides is 1. The molecule has 0 aliphatic carbocycles. The third kappa shape index (κ3) is 2.36. The standard InChI is InChI=1S/C11H13FN2O2/c12-10-4-3-8(6-13-10)11(16)14-5-1-2-9(15)7-14/h3-4,6,9,15H,1-2,5,7H2/t9-/m0/s1. The van der Waals surface area contributed by atoms with E-state index in [-0.39, 0.29) is 5.91 Å². The third-order valence-corrected chi connectivity index (χ3v) is 2.66. The van der Waals surface area contributed by atoms with Gasteiger partial charge in [-0.2, -0.15) is 4.39 Å². The van der Waals surface area contributed by atoms with Gasteiger partial charge in [0.1, 0.15) is 0 Å². The molecular weight excluding hydrogens is 211 g/mol. The van der Waals surface area contributed by atoms with E-state index in [1.807, 2.05) is 0 Å². The highest BCUT2D eigenvalue weighted by molar-refractivity contribution is 5.93. The van der Waals surface area contributed by atoms with Gasteiger partial charge in [-0.1, -0.05) is 0 Å². The number of rotatable bonds is 1. The quantitative estimate of drug-likeness (QED) is 0.718. The Balaban J connectivity index is 2.09. The average molecular weight is 224 g/mol. The summed E-state index contributed by atoms with van der Waals surface area (Å²) in [6.07, 6.45) is 2.29. The number of aliphatic hydroxyl groups is 1. The van der Waals surface area contributed by atoms with Crippen molar-refractivity contribution in [3.8, 4) is 0 Å². The van der Waals surface area contributed by atoms with E-state index in [0.29, 0.717) is 18.7 Å². The van der Waals surface area contributed by atoms with Crippen LogP contribution in [-0.4, -0.2) is 40.1 Å². The van der Waals surface area contributed by atoms with Crippen LogP contribution in [0.1, 0.15) is 23.2 Å². The van der Waals surface area contributed by atoms with Crippen molar-refractivity contribution in [2.45, 2.75) is 18.9 Å². The van der Waals surface area contributed by atoms with Crippen molar-refractivity contribution in [3.63, 3.8) is 0 Å². The van der Waals surface area contributed by atoms with E-state index < -0.39 is 12.1 Å². The molecule has 4 nitrogen and oxygen atoms in total. The van der Waals surface area contributed by atoms with Crippen molar-refractivity contribution >= 4 is 5.91 Å². The molecule has 1 aliphatic rings. The van der Waals surface area contributed by atoms with Crippen LogP contribution in [-0.2, 0) is 0 Å². The van der Waals surface area contributed by atoms with E-state index >= 15 is 0 Å². The largest absolute Gasteiger partial charge is 0.391 e. The molecule has 2 rings (SSSR count). The molecule has 1 aromatic heterocycles. The van der Waals surface area contributed by atoms with E-state index in [1.165, 1.54) is 12.3 Å². The minimum Gasteiger partial charge on any atom is -0.391 e. The monoisotopic (exact) mass is 224 g/mol. The van der Waals surface area contributed by atoms with E-state index in [0.717, 1.165) is 18.9 Å². The number of pyridine rings is 1. The van der Waals surface area contributed by atoms with Crippen molar-refractivity contribution in [2.24, 2.45) is 0 Å². The van der Waals surface area contributed by atoms with Crippen molar-refractivity contribution in [1.29, 1.82) is 0 Å². The minimum absolute atomic E-state index is 0.203. The molecule has 1 saturated heterocycles. The van der Waals surface area contributed by atoms with Gasteiger partial charge in [0, 0.05) is 19.3 Å². The first-order valence-electron chi connectivity index (χ1n) is 5.26. The molecule has 0 spiro atoms. The van der Waals surface area contributed by atoms with Crippen LogP contribution in [0, 0.1) is 5.95 Å². The highest BCUT2D eigenvalue weighted by Gasteiger charge is 2.23. The molecule has 1 atom stereocenters. The van der Waals surface area contributed by atoms with Crippen molar-refractivity contribution < 1.29 is 14.3 Å². The molecule has 86 valence electrons. The second-order valence-corrected chi connectivity index (χ2v) is 3.92. The predicted octanol–water partition coefficient (Wildman–Crippen LogP) is 0.818. The van der Waals surface area contributed by atoms with E-state index in [1.54, 1.807) is 4.90 Å². The van der Waals surface area contributed by atoms with Crippen LogP contribution in [0.4, 0.5) is 4.39 Å². The number of piperidine rings is 1. The Bertz CT molecular complexity index is 380. The molecule has 0 aromatic carbocycles. The van der Waals surface area contributed by atoms with Gasteiger partial charge in [-0.05, 0) is 25.0 Å². The number of aromatic nitrogens is 1. The van der Waals surface area contributed by atoms with E-state index in [4.69, 9.17) is 0 Å². The minimum atomic E-state index is -0.602. The van der Waals surface area contributed by atoms with Gasteiger partial charge in [0.2, 0.25) is 5.95 Å². The first-order valence-corrected chi connectivity index (χ1v) is 5.26. The molecular formula is C11H13FN2O2. The third-order valence-electron chi connectivity index (χ3n) is 2.66. The molecule has 5 heteroatoms. The second kappa shape index (κ2) is 4.57. The van der Waals surface area contributed by atoms with Gasteiger partial charge in [-0.3, -0.25) is 4.79 Å². The fourth-order valence-electron chi connectivity index (χ4n) is 1.82. The summed E-state index contributed by atoms with van der Waals surface area (Å²) in [5, 5.41) is 9.45. The number of hydrogen-bond donors (Lipinski definition) is 1. The number of β-amino-alcohol motifs (C(OH)–C–C–N with tert-alkyl or cyclic N) is 1. The van der Waals surface area contributed by atoms with Gasteiger partial charge in [0.05, 0.1) is 11.7 Å². The summed E-state index contributed by atoms with van der Waals surface area (Å²) < 4.78 is 12.6. The van der Waals surface area contributed by atoms with Crippen molar-refractivity contribution in [3.05, 3.63) is 29.8 Å². The number of carbonyl (C=O) groups is 1. The fourth-order valence-corrected chi connectivity index (χ4v) is 1.82. The Hall–Kier alpha value is -1.49. The molecule has 1 aromatic rings. The normalized spacial score (nSPS) is 20.9. The zero-order chi connectivity index (χ0) is 11.5. The summed E-state index contributed by atoms with van der Waals surface area (Å²) in [6, 6.07) is 2.57. The van der Waals surface area contributed by atoms with Gasteiger partial charge in [0.15, 0.2) is 0 Å². The molecule has 1 amide bonds. The summed E-state index contributed by atoms with van der Waals surface area (Å²) >= 11 is 0. The Morgan fingerprint density at radius 3 is 3.00 bits per heavy atom. The Morgan fingerprint density at radius 2 is 2.38 bits per heavy atom. The van der Waals surface area contributed by atoms with E-state index in [2.05, 4.69) is 4.98 Å². The Morgan fingerprint density at radius 1 is 1.56 bits per heavy atom. The molecule has 1 fully saturated rings. The van der Waals surface area contributed by atoms with Crippen LogP contribution in [0.15, 0.2) is 18.3 Å². The summed E-state index contributed by atoms with van der Waals surface area (Å²) in [7, 11) is 0. The number of carbonyl (C=O) groups excluding carboxylic acids is 1. The Kier molecular flexibility index (Phi) is 3.14. The van der Waals surface area contributed by atoms with Crippen LogP contribution in [0.2, 0.25) is 0 Å². The van der Waals surface area contributed by atoms with E-state index in [9.17, 15) is 14.3 Å². The molecule has 2 heterocycles. The summed E-state index contributed by atoms with van der Waals surface area (Å²) in [6.45, 7) is 0.976. The smallest absolute Gasteiger partial charge is 0.255 e. The van der Waals surface area contributed by atoms with Crippen molar-refractivity contribution in [2.75, 3.05) is 13.1 Å². The van der Waals surface area contributed by atoms with Gasteiger partial charge in [-0.15, -0.1) is 0 Å². The van der Waals surface area contributed by atoms with Crippen LogP contribution < -0.4 is 0 Å². The second-order valence-electron chi connectivity index (χ2n) is 3.92. The molecule has 16 heavy (non-hydrogen) atoms. The zero-order valence-corrected chi connectivity index (χ0v) is 8.77. The molecule has 0 saturated carbocycles. The molecule has 1 N–H and O–H groups in total. The first kappa shape index (κ1) is 11.0. The van der Waals surface area contributed by atoms with Gasteiger partial charge in [-0.25, -0.2) is 4.98 Å². The number of nitrogens with zero attached hydrogens (tertiary/aromatic N) is 2. The van der Waals surface area contributed by atoms with Crippen LogP contribution in [0.3, 0.4) is 0 Å². The van der Waals surface area contributed by atoms with Gasteiger partial charge in [0.25, 0.3) is 5.91 Å². The number of hydrogen-bond acceptors (Lipinski definition) is 3. The van der Waals surface area contributed by atoms with Gasteiger partial charge < -0.3 is 10.0 Å². The summed E-state index contributed by atoms with van der Waals surface area (Å²) in [5.41, 5.74) is 0.357. The number of likely N-dealkylation sites (tertiary alicyclic amines) is 1. The zero-order valence-electron chi connectivity index (χ0n) is 8.77. The number of aliphatic hydroxyl groups excluding tert-OH is 1. The first-order chi connectivity index (χ1) is 7.66.